The molecule has 16 heteroatoms. The Morgan fingerprint density at radius 3 is 2.20 bits per heavy atom. The van der Waals surface area contributed by atoms with E-state index in [0.29, 0.717) is 40.2 Å². The van der Waals surface area contributed by atoms with Crippen LogP contribution in [0.2, 0.25) is 0 Å². The average molecular weight is 911 g/mol. The molecule has 2 amide bonds. The number of carboxylic acids is 1. The third kappa shape index (κ3) is 14.9. The normalized spacial score (nSPS) is 16.5. The minimum atomic E-state index is -1.29. The number of aryl methyl sites for hydroxylation is 1. The zero-order valence-corrected chi connectivity index (χ0v) is 38.5. The number of benzene rings is 3. The number of ether oxygens (including phenoxy) is 3. The van der Waals surface area contributed by atoms with E-state index in [1.165, 1.54) is 11.9 Å². The van der Waals surface area contributed by atoms with Crippen molar-refractivity contribution in [3.63, 3.8) is 0 Å². The van der Waals surface area contributed by atoms with Crippen LogP contribution in [0, 0.1) is 23.2 Å². The van der Waals surface area contributed by atoms with E-state index in [9.17, 15) is 39.1 Å². The number of ketones is 3. The van der Waals surface area contributed by atoms with E-state index in [1.807, 2.05) is 12.1 Å². The molecule has 0 aliphatic carbocycles. The minimum absolute atomic E-state index is 0.0280. The molecule has 66 heavy (non-hydrogen) atoms. The lowest BCUT2D eigenvalue weighted by Gasteiger charge is -2.32. The summed E-state index contributed by atoms with van der Waals surface area (Å²) in [4.78, 5) is 83.8. The monoisotopic (exact) mass is 910 g/mol. The molecule has 1 aliphatic rings. The van der Waals surface area contributed by atoms with Crippen molar-refractivity contribution in [2.45, 2.75) is 103 Å². The SMILES string of the molecule is CCCCCCCc1ccc(C(=O)C[C@@H](CCN)C(=O)N(C)[C@@H]2C(=O)C[C@@H](C)C(=O)N[C@H](C(=O)CCC#N)Cc3ccc(OCCN)c(c3)-c3cc2ccc3OCCN)c(OCC(=O)O)c1. The number of amides is 2. The molecule has 16 nitrogen and oxygen atoms in total. The number of rotatable bonds is 25. The van der Waals surface area contributed by atoms with E-state index in [1.54, 1.807) is 55.5 Å². The number of aliphatic carboxylic acids is 1. The number of carboxylic acid groups (broad SMARTS) is 1. The van der Waals surface area contributed by atoms with Gasteiger partial charge < -0.3 is 46.7 Å². The molecule has 1 aliphatic heterocycles. The summed E-state index contributed by atoms with van der Waals surface area (Å²) >= 11 is 0. The Morgan fingerprint density at radius 1 is 0.864 bits per heavy atom. The third-order valence-corrected chi connectivity index (χ3v) is 11.6. The van der Waals surface area contributed by atoms with E-state index in [4.69, 9.17) is 31.4 Å². The molecular formula is C50H66N6O10. The van der Waals surface area contributed by atoms with Gasteiger partial charge in [-0.25, -0.2) is 4.79 Å². The van der Waals surface area contributed by atoms with Crippen LogP contribution >= 0.6 is 0 Å². The van der Waals surface area contributed by atoms with Crippen LogP contribution < -0.4 is 36.7 Å². The molecular weight excluding hydrogens is 845 g/mol. The molecule has 0 spiro atoms. The van der Waals surface area contributed by atoms with Crippen molar-refractivity contribution in [2.24, 2.45) is 29.0 Å². The summed E-state index contributed by atoms with van der Waals surface area (Å²) in [6.07, 6.45) is 5.36. The van der Waals surface area contributed by atoms with Gasteiger partial charge in [-0.05, 0) is 85.3 Å². The third-order valence-electron chi connectivity index (χ3n) is 11.6. The maximum absolute atomic E-state index is 14.8. The molecule has 4 rings (SSSR count). The van der Waals surface area contributed by atoms with E-state index in [-0.39, 0.29) is 88.5 Å². The van der Waals surface area contributed by atoms with Crippen LogP contribution in [0.3, 0.4) is 0 Å². The van der Waals surface area contributed by atoms with E-state index in [0.717, 1.165) is 37.7 Å². The largest absolute Gasteiger partial charge is 0.492 e. The molecule has 356 valence electrons. The van der Waals surface area contributed by atoms with Gasteiger partial charge in [-0.3, -0.25) is 24.0 Å². The quantitative estimate of drug-likeness (QED) is 0.0537. The van der Waals surface area contributed by atoms with Gasteiger partial charge in [0.1, 0.15) is 36.5 Å². The summed E-state index contributed by atoms with van der Waals surface area (Å²) in [5.74, 6) is -4.72. The molecule has 8 N–H and O–H groups in total. The van der Waals surface area contributed by atoms with Crippen LogP contribution in [0.4, 0.5) is 0 Å². The first-order valence-corrected chi connectivity index (χ1v) is 22.9. The first-order chi connectivity index (χ1) is 31.8. The number of carbonyl (C=O) groups is 6. The van der Waals surface area contributed by atoms with E-state index in [2.05, 4.69) is 12.2 Å². The summed E-state index contributed by atoms with van der Waals surface area (Å²) in [5, 5.41) is 21.5. The van der Waals surface area contributed by atoms with Crippen LogP contribution in [-0.4, -0.2) is 97.7 Å². The van der Waals surface area contributed by atoms with Crippen LogP contribution in [0.1, 0.15) is 111 Å². The van der Waals surface area contributed by atoms with Gasteiger partial charge in [0, 0.05) is 68.8 Å². The summed E-state index contributed by atoms with van der Waals surface area (Å²) in [6, 6.07) is 15.1. The maximum atomic E-state index is 14.8. The van der Waals surface area contributed by atoms with Crippen molar-refractivity contribution in [3.05, 3.63) is 76.9 Å². The second-order valence-electron chi connectivity index (χ2n) is 16.8. The lowest BCUT2D eigenvalue weighted by atomic mass is 9.88. The van der Waals surface area contributed by atoms with Crippen molar-refractivity contribution in [1.82, 2.24) is 10.2 Å². The Kier molecular flexibility index (Phi) is 21.2. The highest BCUT2D eigenvalue weighted by molar-refractivity contribution is 6.02. The number of likely N-dealkylation sites (N-methyl/N-ethyl adjacent to an activating group) is 1. The summed E-state index contributed by atoms with van der Waals surface area (Å²) < 4.78 is 17.8. The topological polar surface area (TPSA) is 267 Å². The second kappa shape index (κ2) is 26.7. The van der Waals surface area contributed by atoms with Crippen LogP contribution in [0.25, 0.3) is 11.1 Å². The second-order valence-corrected chi connectivity index (χ2v) is 16.8. The Bertz CT molecular complexity index is 2210. The fraction of sp³-hybridized carbons (Fsp3) is 0.500. The fourth-order valence-corrected chi connectivity index (χ4v) is 8.12. The molecule has 1 heterocycles. The van der Waals surface area contributed by atoms with E-state index < -0.39 is 59.9 Å². The summed E-state index contributed by atoms with van der Waals surface area (Å²) in [5.41, 5.74) is 20.8. The standard InChI is InChI=1S/C50H66N6O10/c1-4-5-6-7-8-10-33-12-15-37(46(28-33)66-31-47(60)61)42(58)30-36(18-20-52)50(63)56(3)48-35-14-17-45(65-24-22-54)39(29-35)38-26-34(13-16-44(38)64-23-21-53)27-40(41(57)11-9-19-51)55-49(62)32(2)25-43(48)59/h12-17,26,28-29,32,36,40,48H,4-11,18,20-25,27,30-31,52-54H2,1-3H3,(H,55,62)(H,60,61)/t32-,36-,40+,48+/m1/s1. The zero-order chi connectivity index (χ0) is 48.2. The number of nitriles is 1. The number of nitrogens with zero attached hydrogens (tertiary/aromatic N) is 2. The van der Waals surface area contributed by atoms with Gasteiger partial charge in [0.2, 0.25) is 11.8 Å². The molecule has 4 bridgehead atoms. The van der Waals surface area contributed by atoms with Crippen LogP contribution in [0.15, 0.2) is 54.6 Å². The van der Waals surface area contributed by atoms with Gasteiger partial charge >= 0.3 is 5.97 Å². The van der Waals surface area contributed by atoms with E-state index >= 15 is 0 Å². The molecule has 3 aromatic carbocycles. The van der Waals surface area contributed by atoms with Gasteiger partial charge in [-0.1, -0.05) is 57.7 Å². The molecule has 0 radical (unpaired) electrons. The number of carbonyl (C=O) groups excluding carboxylic acids is 5. The highest BCUT2D eigenvalue weighted by Crippen LogP contribution is 2.41. The summed E-state index contributed by atoms with van der Waals surface area (Å²) in [7, 11) is 1.46. The number of hydrogen-bond donors (Lipinski definition) is 5. The number of Topliss-reactive ketones (excluding diaryl/α,β-unsaturated/α-hetero) is 3. The molecule has 0 saturated carbocycles. The van der Waals surface area contributed by atoms with Crippen molar-refractivity contribution >= 4 is 35.1 Å². The van der Waals surface area contributed by atoms with Crippen LogP contribution in [-0.2, 0) is 36.8 Å². The Morgan fingerprint density at radius 2 is 1.55 bits per heavy atom. The number of hydrogen-bond acceptors (Lipinski definition) is 13. The highest BCUT2D eigenvalue weighted by atomic mass is 16.5. The van der Waals surface area contributed by atoms with Gasteiger partial charge in [0.25, 0.3) is 0 Å². The number of nitrogens with two attached hydrogens (primary N) is 3. The maximum Gasteiger partial charge on any atom is 0.341 e. The lowest BCUT2D eigenvalue weighted by Crippen LogP contribution is -2.46. The van der Waals surface area contributed by atoms with Gasteiger partial charge in [-0.2, -0.15) is 5.26 Å². The molecule has 0 saturated heterocycles. The minimum Gasteiger partial charge on any atom is -0.492 e. The van der Waals surface area contributed by atoms with Crippen molar-refractivity contribution < 1.29 is 48.1 Å². The molecule has 3 aromatic rings. The Labute approximate surface area is 387 Å². The predicted octanol–water partition coefficient (Wildman–Crippen LogP) is 5.25. The molecule has 0 unspecified atom stereocenters. The lowest BCUT2D eigenvalue weighted by molar-refractivity contribution is -0.142. The van der Waals surface area contributed by atoms with Crippen LogP contribution in [0.5, 0.6) is 17.2 Å². The van der Waals surface area contributed by atoms with Gasteiger partial charge in [-0.15, -0.1) is 0 Å². The van der Waals surface area contributed by atoms with Gasteiger partial charge in [0.05, 0.1) is 17.7 Å². The fourth-order valence-electron chi connectivity index (χ4n) is 8.12. The number of unbranched alkanes of at least 4 members (excludes halogenated alkanes) is 4. The first-order valence-electron chi connectivity index (χ1n) is 22.9. The van der Waals surface area contributed by atoms with Crippen molar-refractivity contribution in [3.8, 4) is 34.4 Å². The smallest absolute Gasteiger partial charge is 0.341 e. The average Bonchev–Trinajstić information content (AvgIpc) is 3.30. The highest BCUT2D eigenvalue weighted by Gasteiger charge is 2.36. The van der Waals surface area contributed by atoms with Gasteiger partial charge in [0.15, 0.2) is 24.0 Å². The van der Waals surface area contributed by atoms with Crippen molar-refractivity contribution in [2.75, 3.05) is 46.5 Å². The zero-order valence-electron chi connectivity index (χ0n) is 38.5. The number of fused-ring (bicyclic) bond motifs is 5. The number of nitrogens with one attached hydrogen (secondary N) is 1. The summed E-state index contributed by atoms with van der Waals surface area (Å²) in [6.45, 7) is 3.75. The molecule has 4 atom stereocenters. The van der Waals surface area contributed by atoms with Crippen molar-refractivity contribution in [1.29, 1.82) is 5.26 Å². The Hall–Kier alpha value is -6.15. The Balaban J connectivity index is 1.81. The molecule has 0 fully saturated rings. The predicted molar refractivity (Wildman–Crippen MR) is 249 cm³/mol. The first kappa shape index (κ1) is 52.5. The molecule has 0 aromatic heterocycles.